The minimum atomic E-state index is -3.33. The van der Waals surface area contributed by atoms with Crippen molar-refractivity contribution in [3.8, 4) is 0 Å². The van der Waals surface area contributed by atoms with Crippen molar-refractivity contribution in [3.63, 3.8) is 0 Å². The van der Waals surface area contributed by atoms with E-state index in [2.05, 4.69) is 4.98 Å². The van der Waals surface area contributed by atoms with Gasteiger partial charge in [0.25, 0.3) is 0 Å². The average Bonchev–Trinajstić information content (AvgIpc) is 3.23. The molecule has 0 N–H and O–H groups in total. The number of carbonyl (C=O) groups excluding carboxylic acids is 1. The maximum absolute atomic E-state index is 12.6. The van der Waals surface area contributed by atoms with Gasteiger partial charge in [-0.1, -0.05) is 18.2 Å². The maximum Gasteiger partial charge on any atom is 0.220 e. The lowest BCUT2D eigenvalue weighted by Crippen LogP contribution is -2.30. The van der Waals surface area contributed by atoms with Gasteiger partial charge in [-0.15, -0.1) is 0 Å². The van der Waals surface area contributed by atoms with E-state index in [9.17, 15) is 13.2 Å². The molecule has 31 heavy (non-hydrogen) atoms. The summed E-state index contributed by atoms with van der Waals surface area (Å²) in [7, 11) is 2.39. The molecular formula is C22H31N5O3S. The van der Waals surface area contributed by atoms with Gasteiger partial charge in [0.15, 0.2) is 15.7 Å². The third-order valence-electron chi connectivity index (χ3n) is 5.47. The molecule has 0 aliphatic carbocycles. The smallest absolute Gasteiger partial charge is 0.220 e. The molecule has 2 heterocycles. The lowest BCUT2D eigenvalue weighted by molar-refractivity contribution is -0.129. The number of hydrogen-bond acceptors (Lipinski definition) is 7. The van der Waals surface area contributed by atoms with Crippen LogP contribution in [0.2, 0.25) is 0 Å². The Labute approximate surface area is 184 Å². The van der Waals surface area contributed by atoms with Gasteiger partial charge in [-0.2, -0.15) is 0 Å². The van der Waals surface area contributed by atoms with Gasteiger partial charge in [-0.25, -0.2) is 18.4 Å². The van der Waals surface area contributed by atoms with E-state index in [1.54, 1.807) is 37.3 Å². The van der Waals surface area contributed by atoms with Gasteiger partial charge in [0.2, 0.25) is 5.91 Å². The highest BCUT2D eigenvalue weighted by Crippen LogP contribution is 2.31. The minimum Gasteiger partial charge on any atom is -0.363 e. The van der Waals surface area contributed by atoms with Crippen LogP contribution < -0.4 is 4.90 Å². The molecule has 1 aliphatic rings. The molecule has 0 unspecified atom stereocenters. The molecule has 168 valence electrons. The Morgan fingerprint density at radius 2 is 1.87 bits per heavy atom. The molecule has 2 aromatic rings. The van der Waals surface area contributed by atoms with Crippen molar-refractivity contribution < 1.29 is 13.2 Å². The number of nitrogens with zero attached hydrogens (tertiary/aromatic N) is 5. The zero-order valence-corrected chi connectivity index (χ0v) is 19.5. The fourth-order valence-electron chi connectivity index (χ4n) is 3.75. The summed E-state index contributed by atoms with van der Waals surface area (Å²) in [5.41, 5.74) is 0.809. The Kier molecular flexibility index (Phi) is 7.27. The molecule has 1 aromatic heterocycles. The standard InChI is InChI=1S/C22H31N5O3S/c1-17(28)27-12-8-11-20(27)22-23-18(15-21(24-22)25(2)3)16-26(4)13-14-31(29,30)19-9-6-5-7-10-19/h5-7,9-10,15,20H,8,11-14,16H2,1-4H3/t20-/m0/s1. The molecule has 1 saturated heterocycles. The molecule has 1 aliphatic heterocycles. The topological polar surface area (TPSA) is 86.7 Å². The van der Waals surface area contributed by atoms with E-state index in [0.717, 1.165) is 30.9 Å². The Morgan fingerprint density at radius 3 is 2.52 bits per heavy atom. The van der Waals surface area contributed by atoms with E-state index < -0.39 is 9.84 Å². The molecule has 0 saturated carbocycles. The molecule has 3 rings (SSSR count). The first-order chi connectivity index (χ1) is 14.7. The van der Waals surface area contributed by atoms with E-state index in [1.807, 2.05) is 41.9 Å². The normalized spacial score (nSPS) is 16.7. The molecule has 8 nitrogen and oxygen atoms in total. The fraction of sp³-hybridized carbons (Fsp3) is 0.500. The van der Waals surface area contributed by atoms with Crippen LogP contribution in [0.4, 0.5) is 5.82 Å². The molecule has 1 atom stereocenters. The van der Waals surface area contributed by atoms with Crippen molar-refractivity contribution in [2.45, 2.75) is 37.2 Å². The van der Waals surface area contributed by atoms with Crippen LogP contribution in [0, 0.1) is 0 Å². The Morgan fingerprint density at radius 1 is 1.16 bits per heavy atom. The monoisotopic (exact) mass is 445 g/mol. The van der Waals surface area contributed by atoms with Crippen molar-refractivity contribution in [1.82, 2.24) is 19.8 Å². The lowest BCUT2D eigenvalue weighted by atomic mass is 10.2. The zero-order chi connectivity index (χ0) is 22.6. The van der Waals surface area contributed by atoms with Gasteiger partial charge in [-0.3, -0.25) is 9.69 Å². The zero-order valence-electron chi connectivity index (χ0n) is 18.7. The summed E-state index contributed by atoms with van der Waals surface area (Å²) in [5.74, 6) is 1.50. The molecule has 1 aromatic carbocycles. The van der Waals surface area contributed by atoms with Crippen LogP contribution in [-0.4, -0.2) is 74.1 Å². The largest absolute Gasteiger partial charge is 0.363 e. The van der Waals surface area contributed by atoms with Crippen molar-refractivity contribution in [2.24, 2.45) is 0 Å². The summed E-state index contributed by atoms with van der Waals surface area (Å²) in [6.45, 7) is 3.18. The van der Waals surface area contributed by atoms with Gasteiger partial charge >= 0.3 is 0 Å². The summed E-state index contributed by atoms with van der Waals surface area (Å²) in [4.78, 5) is 27.5. The number of sulfone groups is 1. The second kappa shape index (κ2) is 9.74. The number of anilines is 1. The molecule has 9 heteroatoms. The van der Waals surface area contributed by atoms with Crippen LogP contribution in [0.3, 0.4) is 0 Å². The number of likely N-dealkylation sites (tertiary alicyclic amines) is 1. The average molecular weight is 446 g/mol. The van der Waals surface area contributed by atoms with Crippen LogP contribution >= 0.6 is 0 Å². The van der Waals surface area contributed by atoms with Crippen molar-refractivity contribution in [3.05, 3.63) is 47.9 Å². The summed E-state index contributed by atoms with van der Waals surface area (Å²) >= 11 is 0. The fourth-order valence-corrected chi connectivity index (χ4v) is 5.11. The van der Waals surface area contributed by atoms with Gasteiger partial charge in [0, 0.05) is 46.7 Å². The van der Waals surface area contributed by atoms with Gasteiger partial charge in [-0.05, 0) is 32.0 Å². The number of hydrogen-bond donors (Lipinski definition) is 0. The van der Waals surface area contributed by atoms with Crippen LogP contribution in [0.1, 0.15) is 37.3 Å². The molecular weight excluding hydrogens is 414 g/mol. The number of amides is 1. The molecule has 0 radical (unpaired) electrons. The number of benzene rings is 1. The third-order valence-corrected chi connectivity index (χ3v) is 7.18. The quantitative estimate of drug-likeness (QED) is 0.615. The highest BCUT2D eigenvalue weighted by atomic mass is 32.2. The summed E-state index contributed by atoms with van der Waals surface area (Å²) in [5, 5.41) is 0. The summed E-state index contributed by atoms with van der Waals surface area (Å²) in [6.07, 6.45) is 1.79. The van der Waals surface area contributed by atoms with E-state index >= 15 is 0 Å². The minimum absolute atomic E-state index is 0.0335. The number of rotatable bonds is 8. The second-order valence-corrected chi connectivity index (χ2v) is 10.3. The second-order valence-electron chi connectivity index (χ2n) is 8.21. The maximum atomic E-state index is 12.6. The first kappa shape index (κ1) is 23.1. The van der Waals surface area contributed by atoms with E-state index in [-0.39, 0.29) is 17.7 Å². The lowest BCUT2D eigenvalue weighted by Gasteiger charge is -2.24. The predicted octanol–water partition coefficient (Wildman–Crippen LogP) is 2.13. The highest BCUT2D eigenvalue weighted by Gasteiger charge is 2.30. The van der Waals surface area contributed by atoms with Crippen LogP contribution in [0.25, 0.3) is 0 Å². The van der Waals surface area contributed by atoms with Crippen molar-refractivity contribution >= 4 is 21.6 Å². The van der Waals surface area contributed by atoms with Gasteiger partial charge in [0.05, 0.1) is 22.4 Å². The predicted molar refractivity (Wildman–Crippen MR) is 121 cm³/mol. The van der Waals surface area contributed by atoms with Crippen LogP contribution in [-0.2, 0) is 21.2 Å². The van der Waals surface area contributed by atoms with Crippen LogP contribution in [0.15, 0.2) is 41.3 Å². The van der Waals surface area contributed by atoms with E-state index in [4.69, 9.17) is 4.98 Å². The van der Waals surface area contributed by atoms with Gasteiger partial charge in [0.1, 0.15) is 5.82 Å². The Balaban J connectivity index is 1.74. The number of aromatic nitrogens is 2. The third kappa shape index (κ3) is 5.80. The number of carbonyl (C=O) groups is 1. The van der Waals surface area contributed by atoms with Crippen molar-refractivity contribution in [1.29, 1.82) is 0 Å². The molecule has 0 bridgehead atoms. The van der Waals surface area contributed by atoms with E-state index in [0.29, 0.717) is 23.8 Å². The SMILES string of the molecule is CC(=O)N1CCC[C@H]1c1nc(CN(C)CCS(=O)(=O)c2ccccc2)cc(N(C)C)n1. The molecule has 0 spiro atoms. The van der Waals surface area contributed by atoms with Crippen molar-refractivity contribution in [2.75, 3.05) is 44.9 Å². The molecule has 1 amide bonds. The summed E-state index contributed by atoms with van der Waals surface area (Å²) < 4.78 is 25.1. The Bertz CT molecular complexity index is 1010. The summed E-state index contributed by atoms with van der Waals surface area (Å²) in [6, 6.07) is 10.3. The van der Waals surface area contributed by atoms with Crippen LogP contribution in [0.5, 0.6) is 0 Å². The first-order valence-corrected chi connectivity index (χ1v) is 12.1. The first-order valence-electron chi connectivity index (χ1n) is 10.5. The van der Waals surface area contributed by atoms with Gasteiger partial charge < -0.3 is 9.80 Å². The Hall–Kier alpha value is -2.52. The highest BCUT2D eigenvalue weighted by molar-refractivity contribution is 7.91. The molecule has 1 fully saturated rings. The van der Waals surface area contributed by atoms with E-state index in [1.165, 1.54) is 0 Å².